The van der Waals surface area contributed by atoms with Gasteiger partial charge in [-0.3, -0.25) is 4.79 Å². The molecule has 2 fully saturated rings. The van der Waals surface area contributed by atoms with Crippen LogP contribution < -0.4 is 10.6 Å². The number of aromatic nitrogens is 4. The average Bonchev–Trinajstić information content (AvgIpc) is 3.31. The number of rotatable bonds is 4. The fraction of sp³-hybridized carbons (Fsp3) is 0.529. The molecule has 2 aromatic rings. The molecular formula is C17H22N6O. The van der Waals surface area contributed by atoms with Crippen molar-refractivity contribution in [2.75, 3.05) is 5.32 Å². The van der Waals surface area contributed by atoms with Gasteiger partial charge in [-0.05, 0) is 26.2 Å². The molecule has 0 spiro atoms. The summed E-state index contributed by atoms with van der Waals surface area (Å²) >= 11 is 0. The number of amides is 1. The third kappa shape index (κ3) is 2.98. The van der Waals surface area contributed by atoms with Crippen LogP contribution in [0.25, 0.3) is 0 Å². The van der Waals surface area contributed by atoms with E-state index in [1.807, 2.05) is 30.8 Å². The Bertz CT molecular complexity index is 766. The van der Waals surface area contributed by atoms with Gasteiger partial charge < -0.3 is 15.2 Å². The molecule has 0 unspecified atom stereocenters. The number of imidazole rings is 1. The molecule has 7 heteroatoms. The van der Waals surface area contributed by atoms with Gasteiger partial charge in [0.25, 0.3) is 0 Å². The van der Waals surface area contributed by atoms with Crippen molar-refractivity contribution in [3.8, 4) is 0 Å². The van der Waals surface area contributed by atoms with Gasteiger partial charge in [0, 0.05) is 31.1 Å². The lowest BCUT2D eigenvalue weighted by Crippen LogP contribution is -2.45. The summed E-state index contributed by atoms with van der Waals surface area (Å²) in [7, 11) is 1.94. The molecule has 0 bridgehead atoms. The van der Waals surface area contributed by atoms with E-state index < -0.39 is 0 Å². The molecule has 4 rings (SSSR count). The van der Waals surface area contributed by atoms with Crippen molar-refractivity contribution >= 4 is 11.7 Å². The Hall–Kier alpha value is -2.44. The quantitative estimate of drug-likeness (QED) is 0.895. The van der Waals surface area contributed by atoms with E-state index in [0.29, 0.717) is 12.3 Å². The highest BCUT2D eigenvalue weighted by atomic mass is 16.1. The zero-order valence-electron chi connectivity index (χ0n) is 14.0. The summed E-state index contributed by atoms with van der Waals surface area (Å²) in [5.41, 5.74) is 1.97. The number of carbonyl (C=O) groups excluding carboxylic acids is 1. The minimum absolute atomic E-state index is 0.0804. The largest absolute Gasteiger partial charge is 0.365 e. The molecular weight excluding hydrogens is 304 g/mol. The summed E-state index contributed by atoms with van der Waals surface area (Å²) in [6.45, 7) is 2.00. The van der Waals surface area contributed by atoms with E-state index in [2.05, 4.69) is 25.6 Å². The van der Waals surface area contributed by atoms with E-state index in [1.54, 1.807) is 6.33 Å². The fourth-order valence-electron chi connectivity index (χ4n) is 3.28. The van der Waals surface area contributed by atoms with Crippen molar-refractivity contribution in [2.24, 2.45) is 7.05 Å². The summed E-state index contributed by atoms with van der Waals surface area (Å²) in [5.74, 6) is 2.38. The summed E-state index contributed by atoms with van der Waals surface area (Å²) < 4.78 is 1.95. The second kappa shape index (κ2) is 5.89. The number of nitrogens with one attached hydrogen (secondary N) is 2. The summed E-state index contributed by atoms with van der Waals surface area (Å²) in [4.78, 5) is 25.3. The molecule has 1 saturated carbocycles. The highest BCUT2D eigenvalue weighted by Gasteiger charge is 2.32. The molecule has 2 aromatic heterocycles. The smallest absolute Gasteiger partial charge is 0.220 e. The van der Waals surface area contributed by atoms with Crippen LogP contribution in [-0.4, -0.2) is 31.5 Å². The van der Waals surface area contributed by atoms with Gasteiger partial charge >= 0.3 is 0 Å². The van der Waals surface area contributed by atoms with E-state index >= 15 is 0 Å². The van der Waals surface area contributed by atoms with Crippen LogP contribution in [0.1, 0.15) is 54.9 Å². The van der Waals surface area contributed by atoms with E-state index in [9.17, 15) is 4.79 Å². The number of carbonyl (C=O) groups is 1. The molecule has 126 valence electrons. The Kier molecular flexibility index (Phi) is 3.70. The van der Waals surface area contributed by atoms with Gasteiger partial charge in [0.1, 0.15) is 11.6 Å². The second-order valence-electron chi connectivity index (χ2n) is 6.79. The van der Waals surface area contributed by atoms with Crippen molar-refractivity contribution in [1.29, 1.82) is 0 Å². The molecule has 1 saturated heterocycles. The first-order valence-electron chi connectivity index (χ1n) is 8.48. The van der Waals surface area contributed by atoms with Crippen LogP contribution in [-0.2, 0) is 11.8 Å². The standard InChI is InChI=1S/C17H22N6O/c1-10-7-14(21-17(19-10)11-3-4-11)20-12-5-6-15(24)22-16(12)13-8-18-9-23(13)2/h7-9,11-12,16H,3-6H2,1-2H3,(H,22,24)(H,19,20,21)/t12-,16-/m1/s1. The lowest BCUT2D eigenvalue weighted by molar-refractivity contribution is -0.123. The van der Waals surface area contributed by atoms with Crippen molar-refractivity contribution in [2.45, 2.75) is 50.6 Å². The van der Waals surface area contributed by atoms with Gasteiger partial charge in [-0.15, -0.1) is 0 Å². The molecule has 0 aromatic carbocycles. The highest BCUT2D eigenvalue weighted by Crippen LogP contribution is 2.38. The predicted octanol–water partition coefficient (Wildman–Crippen LogP) is 1.83. The Balaban J connectivity index is 1.59. The maximum Gasteiger partial charge on any atom is 0.220 e. The first-order chi connectivity index (χ1) is 11.6. The van der Waals surface area contributed by atoms with Gasteiger partial charge in [-0.2, -0.15) is 0 Å². The predicted molar refractivity (Wildman–Crippen MR) is 89.5 cm³/mol. The maximum absolute atomic E-state index is 11.9. The summed E-state index contributed by atoms with van der Waals surface area (Å²) in [5, 5.41) is 6.61. The van der Waals surface area contributed by atoms with Crippen LogP contribution in [0, 0.1) is 6.92 Å². The number of nitrogens with zero attached hydrogens (tertiary/aromatic N) is 4. The van der Waals surface area contributed by atoms with E-state index in [-0.39, 0.29) is 18.0 Å². The van der Waals surface area contributed by atoms with Crippen molar-refractivity contribution < 1.29 is 4.79 Å². The molecule has 2 aliphatic rings. The van der Waals surface area contributed by atoms with Gasteiger partial charge in [-0.1, -0.05) is 0 Å². The van der Waals surface area contributed by atoms with Crippen LogP contribution in [0.3, 0.4) is 0 Å². The number of anilines is 1. The van der Waals surface area contributed by atoms with Crippen LogP contribution in [0.2, 0.25) is 0 Å². The lowest BCUT2D eigenvalue weighted by Gasteiger charge is -2.33. The zero-order chi connectivity index (χ0) is 16.7. The SMILES string of the molecule is Cc1cc(N[C@@H]2CCC(=O)N[C@H]2c2cncn2C)nc(C2CC2)n1. The van der Waals surface area contributed by atoms with Crippen LogP contribution in [0.15, 0.2) is 18.6 Å². The Morgan fingerprint density at radius 3 is 2.83 bits per heavy atom. The zero-order valence-corrected chi connectivity index (χ0v) is 14.0. The molecule has 3 heterocycles. The topological polar surface area (TPSA) is 84.7 Å². The Morgan fingerprint density at radius 2 is 2.12 bits per heavy atom. The molecule has 24 heavy (non-hydrogen) atoms. The number of hydrogen-bond donors (Lipinski definition) is 2. The lowest BCUT2D eigenvalue weighted by atomic mass is 9.95. The summed E-state index contributed by atoms with van der Waals surface area (Å²) in [6.07, 6.45) is 7.22. The highest BCUT2D eigenvalue weighted by molar-refractivity contribution is 5.77. The van der Waals surface area contributed by atoms with Gasteiger partial charge in [0.2, 0.25) is 5.91 Å². The Morgan fingerprint density at radius 1 is 1.29 bits per heavy atom. The van der Waals surface area contributed by atoms with Gasteiger partial charge in [0.15, 0.2) is 0 Å². The van der Waals surface area contributed by atoms with Crippen molar-refractivity contribution in [1.82, 2.24) is 24.8 Å². The molecule has 2 atom stereocenters. The molecule has 2 N–H and O–H groups in total. The van der Waals surface area contributed by atoms with Gasteiger partial charge in [-0.25, -0.2) is 15.0 Å². The average molecular weight is 326 g/mol. The molecule has 1 amide bonds. The van der Waals surface area contributed by atoms with Crippen LogP contribution in [0.5, 0.6) is 0 Å². The fourth-order valence-corrected chi connectivity index (χ4v) is 3.28. The monoisotopic (exact) mass is 326 g/mol. The minimum atomic E-state index is -0.113. The normalized spacial score (nSPS) is 23.8. The third-order valence-corrected chi connectivity index (χ3v) is 4.72. The maximum atomic E-state index is 11.9. The Labute approximate surface area is 140 Å². The number of hydrogen-bond acceptors (Lipinski definition) is 5. The first kappa shape index (κ1) is 15.1. The van der Waals surface area contributed by atoms with E-state index in [1.165, 1.54) is 12.8 Å². The molecule has 1 aliphatic heterocycles. The van der Waals surface area contributed by atoms with Crippen LogP contribution in [0.4, 0.5) is 5.82 Å². The molecule has 1 aliphatic carbocycles. The minimum Gasteiger partial charge on any atom is -0.365 e. The first-order valence-corrected chi connectivity index (χ1v) is 8.48. The summed E-state index contributed by atoms with van der Waals surface area (Å²) in [6, 6.07) is 1.95. The molecule has 0 radical (unpaired) electrons. The third-order valence-electron chi connectivity index (χ3n) is 4.72. The van der Waals surface area contributed by atoms with E-state index in [0.717, 1.165) is 29.5 Å². The van der Waals surface area contributed by atoms with Crippen molar-refractivity contribution in [3.63, 3.8) is 0 Å². The molecule has 7 nitrogen and oxygen atoms in total. The second-order valence-corrected chi connectivity index (χ2v) is 6.79. The number of aryl methyl sites for hydroxylation is 2. The number of piperidine rings is 1. The van der Waals surface area contributed by atoms with E-state index in [4.69, 9.17) is 0 Å². The van der Waals surface area contributed by atoms with Gasteiger partial charge in [0.05, 0.1) is 30.3 Å². The van der Waals surface area contributed by atoms with Crippen molar-refractivity contribution in [3.05, 3.63) is 35.8 Å². The van der Waals surface area contributed by atoms with Crippen LogP contribution >= 0.6 is 0 Å².